The van der Waals surface area contributed by atoms with Gasteiger partial charge in [-0.3, -0.25) is 4.79 Å². The van der Waals surface area contributed by atoms with Crippen LogP contribution in [0, 0.1) is 23.2 Å². The third kappa shape index (κ3) is 4.09. The average Bonchev–Trinajstić information content (AvgIpc) is 2.82. The number of hydrogen-bond donors (Lipinski definition) is 1. The van der Waals surface area contributed by atoms with Gasteiger partial charge in [0.15, 0.2) is 5.17 Å². The average molecular weight is 494 g/mol. The highest BCUT2D eigenvalue weighted by atomic mass is 32.2. The third-order valence-electron chi connectivity index (χ3n) is 8.73. The van der Waals surface area contributed by atoms with Gasteiger partial charge in [0.1, 0.15) is 0 Å². The van der Waals surface area contributed by atoms with Gasteiger partial charge in [-0.05, 0) is 94.2 Å². The topological polar surface area (TPSA) is 71.0 Å². The molecule has 1 N–H and O–H groups in total. The quantitative estimate of drug-likeness (QED) is 0.546. The second-order valence-electron chi connectivity index (χ2n) is 11.2. The fourth-order valence-corrected chi connectivity index (χ4v) is 8.74. The summed E-state index contributed by atoms with van der Waals surface area (Å²) in [6.07, 6.45) is 8.15. The van der Waals surface area contributed by atoms with Crippen molar-refractivity contribution in [1.82, 2.24) is 4.90 Å². The minimum atomic E-state index is -0.309. The van der Waals surface area contributed by atoms with Gasteiger partial charge < -0.3 is 15.0 Å². The van der Waals surface area contributed by atoms with Crippen molar-refractivity contribution < 1.29 is 14.3 Å². The highest BCUT2D eigenvalue weighted by Crippen LogP contribution is 2.60. The molecule has 1 atom stereocenters. The minimum absolute atomic E-state index is 0.189. The molecule has 1 saturated heterocycles. The van der Waals surface area contributed by atoms with Gasteiger partial charge in [0.05, 0.1) is 29.3 Å². The van der Waals surface area contributed by atoms with Crippen molar-refractivity contribution >= 4 is 34.5 Å². The fourth-order valence-electron chi connectivity index (χ4n) is 7.72. The summed E-state index contributed by atoms with van der Waals surface area (Å²) in [5.41, 5.74) is 2.94. The summed E-state index contributed by atoms with van der Waals surface area (Å²) in [6, 6.07) is 7.82. The molecule has 0 radical (unpaired) electrons. The van der Waals surface area contributed by atoms with Gasteiger partial charge >= 0.3 is 5.97 Å². The first-order valence-corrected chi connectivity index (χ1v) is 14.2. The largest absolute Gasteiger partial charge is 0.463 e. The van der Waals surface area contributed by atoms with E-state index in [1.807, 2.05) is 26.0 Å². The summed E-state index contributed by atoms with van der Waals surface area (Å²) in [4.78, 5) is 33.7. The van der Waals surface area contributed by atoms with Crippen molar-refractivity contribution in [2.24, 2.45) is 28.2 Å². The maximum absolute atomic E-state index is 13.7. The van der Waals surface area contributed by atoms with E-state index in [2.05, 4.69) is 22.3 Å². The smallest absolute Gasteiger partial charge is 0.338 e. The van der Waals surface area contributed by atoms with Crippen LogP contribution in [0.2, 0.25) is 0 Å². The number of nitrogens with zero attached hydrogens (tertiary/aromatic N) is 2. The first-order chi connectivity index (χ1) is 17.0. The van der Waals surface area contributed by atoms with Gasteiger partial charge in [0.25, 0.3) is 0 Å². The molecule has 1 amide bonds. The Morgan fingerprint density at radius 2 is 1.89 bits per heavy atom. The van der Waals surface area contributed by atoms with Crippen LogP contribution in [0.1, 0.15) is 70.4 Å². The van der Waals surface area contributed by atoms with Crippen LogP contribution >= 0.6 is 11.8 Å². The molecule has 0 spiro atoms. The van der Waals surface area contributed by atoms with Crippen LogP contribution in [0.3, 0.4) is 0 Å². The number of allylic oxidation sites excluding steroid dienone is 1. The highest BCUT2D eigenvalue weighted by molar-refractivity contribution is 8.13. The molecular weight excluding hydrogens is 458 g/mol. The summed E-state index contributed by atoms with van der Waals surface area (Å²) < 4.78 is 5.45. The van der Waals surface area contributed by atoms with Crippen LogP contribution in [-0.2, 0) is 14.3 Å². The Balaban J connectivity index is 1.29. The molecule has 5 fully saturated rings. The maximum atomic E-state index is 13.7. The van der Waals surface area contributed by atoms with Crippen molar-refractivity contribution in [3.8, 4) is 0 Å². The zero-order chi connectivity index (χ0) is 24.2. The normalized spacial score (nSPS) is 33.3. The molecule has 1 aromatic rings. The second kappa shape index (κ2) is 8.99. The van der Waals surface area contributed by atoms with Gasteiger partial charge in [-0.2, -0.15) is 0 Å². The van der Waals surface area contributed by atoms with E-state index in [0.29, 0.717) is 12.2 Å². The lowest BCUT2D eigenvalue weighted by atomic mass is 9.49. The molecule has 0 unspecified atom stereocenters. The van der Waals surface area contributed by atoms with Gasteiger partial charge in [-0.1, -0.05) is 23.9 Å². The van der Waals surface area contributed by atoms with E-state index >= 15 is 0 Å². The Labute approximate surface area is 212 Å². The van der Waals surface area contributed by atoms with Crippen molar-refractivity contribution in [3.63, 3.8) is 0 Å². The van der Waals surface area contributed by atoms with Gasteiger partial charge in [0.2, 0.25) is 5.91 Å². The first kappa shape index (κ1) is 23.1. The number of carbonyl (C=O) groups is 2. The Hall–Kier alpha value is -2.28. The van der Waals surface area contributed by atoms with Gasteiger partial charge in [-0.25, -0.2) is 9.79 Å². The molecule has 35 heavy (non-hydrogen) atoms. The number of nitrogens with one attached hydrogen (secondary N) is 1. The molecule has 4 saturated carbocycles. The molecule has 4 aliphatic carbocycles. The van der Waals surface area contributed by atoms with Gasteiger partial charge in [-0.15, -0.1) is 0 Å². The molecular formula is C28H35N3O3S. The summed E-state index contributed by atoms with van der Waals surface area (Å²) in [5.74, 6) is 3.12. The first-order valence-electron chi connectivity index (χ1n) is 13.2. The number of amides is 1. The zero-order valence-electron chi connectivity index (χ0n) is 20.7. The number of esters is 1. The molecule has 2 aliphatic heterocycles. The van der Waals surface area contributed by atoms with Crippen LogP contribution in [0.15, 0.2) is 40.5 Å². The monoisotopic (exact) mass is 493 g/mol. The molecule has 6 nitrogen and oxygen atoms in total. The van der Waals surface area contributed by atoms with Crippen molar-refractivity contribution in [3.05, 3.63) is 41.1 Å². The molecule has 1 aromatic carbocycles. The Kier molecular flexibility index (Phi) is 5.94. The van der Waals surface area contributed by atoms with Crippen LogP contribution in [-0.4, -0.2) is 40.8 Å². The summed E-state index contributed by atoms with van der Waals surface area (Å²) in [5, 5.41) is 4.27. The fraction of sp³-hybridized carbons (Fsp3) is 0.607. The van der Waals surface area contributed by atoms with Crippen LogP contribution < -0.4 is 5.32 Å². The van der Waals surface area contributed by atoms with Crippen LogP contribution in [0.4, 0.5) is 5.69 Å². The summed E-state index contributed by atoms with van der Waals surface area (Å²) in [7, 11) is 0. The number of rotatable bonds is 5. The van der Waals surface area contributed by atoms with Crippen molar-refractivity contribution in [2.75, 3.05) is 24.2 Å². The molecule has 2 heterocycles. The number of thioether (sulfide) groups is 1. The molecule has 6 aliphatic rings. The SMILES string of the molecule is CCOC(=O)C1=C(C)N=C2SCCCN2[C@H]1c1cccc(NC(=O)C23CC4CC(CC(C4)C2)C3)c1. The molecule has 186 valence electrons. The maximum Gasteiger partial charge on any atom is 0.338 e. The van der Waals surface area contributed by atoms with E-state index in [1.54, 1.807) is 11.8 Å². The number of amidine groups is 1. The number of benzene rings is 1. The Morgan fingerprint density at radius 3 is 2.57 bits per heavy atom. The second-order valence-corrected chi connectivity index (χ2v) is 12.3. The van der Waals surface area contributed by atoms with Gasteiger partial charge in [0, 0.05) is 18.0 Å². The predicted octanol–water partition coefficient (Wildman–Crippen LogP) is 5.53. The van der Waals surface area contributed by atoms with Crippen molar-refractivity contribution in [1.29, 1.82) is 0 Å². The van der Waals surface area contributed by atoms with Crippen LogP contribution in [0.25, 0.3) is 0 Å². The Bertz CT molecular complexity index is 1080. The van der Waals surface area contributed by atoms with Crippen LogP contribution in [0.5, 0.6) is 0 Å². The Morgan fingerprint density at radius 1 is 1.17 bits per heavy atom. The lowest BCUT2D eigenvalue weighted by molar-refractivity contribution is -0.140. The number of hydrogen-bond acceptors (Lipinski definition) is 6. The molecule has 0 aromatic heterocycles. The third-order valence-corrected chi connectivity index (χ3v) is 9.81. The minimum Gasteiger partial charge on any atom is -0.463 e. The lowest BCUT2D eigenvalue weighted by Crippen LogP contribution is -2.51. The van der Waals surface area contributed by atoms with E-state index in [9.17, 15) is 9.59 Å². The molecule has 4 bridgehead atoms. The molecule has 7 heteroatoms. The van der Waals surface area contributed by atoms with Crippen molar-refractivity contribution in [2.45, 2.75) is 64.8 Å². The molecule has 7 rings (SSSR count). The lowest BCUT2D eigenvalue weighted by Gasteiger charge is -2.55. The predicted molar refractivity (Wildman–Crippen MR) is 139 cm³/mol. The number of ether oxygens (including phenoxy) is 1. The zero-order valence-corrected chi connectivity index (χ0v) is 21.5. The highest BCUT2D eigenvalue weighted by Gasteiger charge is 2.54. The number of carbonyl (C=O) groups excluding carboxylic acids is 2. The standard InChI is InChI=1S/C28H35N3O3S/c1-3-34-25(32)23-17(2)29-27-31(8-5-9-35-27)24(23)21-6-4-7-22(13-21)30-26(33)28-14-18-10-19(15-28)12-20(11-18)16-28/h4,6-7,13,18-20,24H,3,5,8-12,14-16H2,1-2H3,(H,30,33)/t18?,19?,20?,24-,28?/m0/s1. The van der Waals surface area contributed by atoms with E-state index < -0.39 is 0 Å². The van der Waals surface area contributed by atoms with E-state index in [4.69, 9.17) is 9.73 Å². The van der Waals surface area contributed by atoms with E-state index in [-0.39, 0.29) is 23.3 Å². The number of aliphatic imine (C=N–C) groups is 1. The summed E-state index contributed by atoms with van der Waals surface area (Å²) in [6.45, 7) is 4.90. The summed E-state index contributed by atoms with van der Waals surface area (Å²) >= 11 is 1.74. The van der Waals surface area contributed by atoms with E-state index in [1.165, 1.54) is 19.3 Å². The number of anilines is 1. The number of fused-ring (bicyclic) bond motifs is 1. The van der Waals surface area contributed by atoms with E-state index in [0.717, 1.165) is 77.9 Å².